The van der Waals surface area contributed by atoms with Gasteiger partial charge in [-0.15, -0.1) is 0 Å². The van der Waals surface area contributed by atoms with Gasteiger partial charge >= 0.3 is 0 Å². The van der Waals surface area contributed by atoms with Crippen molar-refractivity contribution in [1.29, 1.82) is 0 Å². The first kappa shape index (κ1) is 14.9. The summed E-state index contributed by atoms with van der Waals surface area (Å²) in [6, 6.07) is 10.9. The van der Waals surface area contributed by atoms with Gasteiger partial charge in [-0.3, -0.25) is 10.1 Å². The van der Waals surface area contributed by atoms with Crippen LogP contribution >= 0.6 is 0 Å². The van der Waals surface area contributed by atoms with E-state index in [9.17, 15) is 18.9 Å². The van der Waals surface area contributed by atoms with Gasteiger partial charge in [0.2, 0.25) is 0 Å². The summed E-state index contributed by atoms with van der Waals surface area (Å²) in [6.07, 6.45) is -2.51. The SMILES string of the molecule is Cc1ccc(NCc2cccc(C(F)F)c2)cc1[N+](=O)[O-]. The van der Waals surface area contributed by atoms with Crippen molar-refractivity contribution in [3.05, 3.63) is 69.3 Å². The average Bonchev–Trinajstić information content (AvgIpc) is 2.46. The second-order valence-electron chi connectivity index (χ2n) is 4.66. The van der Waals surface area contributed by atoms with Crippen LogP contribution in [0.1, 0.15) is 23.1 Å². The number of benzene rings is 2. The molecule has 0 radical (unpaired) electrons. The molecule has 0 amide bonds. The fourth-order valence-electron chi connectivity index (χ4n) is 1.96. The number of halogens is 2. The quantitative estimate of drug-likeness (QED) is 0.654. The lowest BCUT2D eigenvalue weighted by molar-refractivity contribution is -0.385. The van der Waals surface area contributed by atoms with E-state index in [1.807, 2.05) is 0 Å². The van der Waals surface area contributed by atoms with Gasteiger partial charge in [0.15, 0.2) is 0 Å². The first-order valence-electron chi connectivity index (χ1n) is 6.33. The first-order chi connectivity index (χ1) is 9.97. The minimum atomic E-state index is -2.51. The molecule has 0 aliphatic rings. The summed E-state index contributed by atoms with van der Waals surface area (Å²) in [4.78, 5) is 10.4. The summed E-state index contributed by atoms with van der Waals surface area (Å²) in [7, 11) is 0. The van der Waals surface area contributed by atoms with E-state index in [4.69, 9.17) is 0 Å². The van der Waals surface area contributed by atoms with Crippen LogP contribution in [0, 0.1) is 17.0 Å². The van der Waals surface area contributed by atoms with E-state index in [1.54, 1.807) is 31.2 Å². The van der Waals surface area contributed by atoms with E-state index in [0.29, 0.717) is 23.4 Å². The Balaban J connectivity index is 2.11. The number of anilines is 1. The number of nitrogens with zero attached hydrogens (tertiary/aromatic N) is 1. The van der Waals surface area contributed by atoms with Crippen molar-refractivity contribution in [3.8, 4) is 0 Å². The maximum atomic E-state index is 12.6. The number of nitro groups is 1. The summed E-state index contributed by atoms with van der Waals surface area (Å²) in [5.74, 6) is 0. The van der Waals surface area contributed by atoms with Crippen molar-refractivity contribution in [3.63, 3.8) is 0 Å². The second-order valence-corrected chi connectivity index (χ2v) is 4.66. The lowest BCUT2D eigenvalue weighted by Crippen LogP contribution is -2.01. The van der Waals surface area contributed by atoms with E-state index in [2.05, 4.69) is 5.32 Å². The summed E-state index contributed by atoms with van der Waals surface area (Å²) in [5.41, 5.74) is 1.83. The molecule has 2 aromatic rings. The standard InChI is InChI=1S/C15H14F2N2O2/c1-10-5-6-13(8-14(10)19(20)21)18-9-11-3-2-4-12(7-11)15(16)17/h2-8,15,18H,9H2,1H3. The summed E-state index contributed by atoms with van der Waals surface area (Å²) in [6.45, 7) is 1.98. The highest BCUT2D eigenvalue weighted by Crippen LogP contribution is 2.23. The van der Waals surface area contributed by atoms with Crippen LogP contribution in [0.5, 0.6) is 0 Å². The van der Waals surface area contributed by atoms with Crippen LogP contribution < -0.4 is 5.32 Å². The van der Waals surface area contributed by atoms with Crippen molar-refractivity contribution < 1.29 is 13.7 Å². The molecule has 110 valence electrons. The molecular weight excluding hydrogens is 278 g/mol. The van der Waals surface area contributed by atoms with Crippen LogP contribution in [0.4, 0.5) is 20.2 Å². The number of rotatable bonds is 5. The van der Waals surface area contributed by atoms with Gasteiger partial charge in [0.1, 0.15) is 0 Å². The number of hydrogen-bond acceptors (Lipinski definition) is 3. The van der Waals surface area contributed by atoms with E-state index >= 15 is 0 Å². The number of hydrogen-bond donors (Lipinski definition) is 1. The molecule has 0 unspecified atom stereocenters. The molecule has 0 atom stereocenters. The van der Waals surface area contributed by atoms with Gasteiger partial charge in [0, 0.05) is 29.4 Å². The molecule has 0 saturated heterocycles. The summed E-state index contributed by atoms with van der Waals surface area (Å²) in [5, 5.41) is 13.9. The fourth-order valence-corrected chi connectivity index (χ4v) is 1.96. The highest BCUT2D eigenvalue weighted by Gasteiger charge is 2.11. The smallest absolute Gasteiger partial charge is 0.274 e. The predicted molar refractivity (Wildman–Crippen MR) is 76.6 cm³/mol. The Kier molecular flexibility index (Phi) is 4.47. The molecule has 0 bridgehead atoms. The number of nitro benzene ring substituents is 1. The number of aryl methyl sites for hydroxylation is 1. The molecule has 0 aliphatic heterocycles. The first-order valence-corrected chi connectivity index (χ1v) is 6.33. The average molecular weight is 292 g/mol. The Bertz CT molecular complexity index is 660. The van der Waals surface area contributed by atoms with Crippen LogP contribution in [0.15, 0.2) is 42.5 Å². The van der Waals surface area contributed by atoms with Crippen molar-refractivity contribution >= 4 is 11.4 Å². The maximum absolute atomic E-state index is 12.6. The Hall–Kier alpha value is -2.50. The van der Waals surface area contributed by atoms with Gasteiger partial charge in [-0.05, 0) is 24.6 Å². The van der Waals surface area contributed by atoms with Gasteiger partial charge in [0.25, 0.3) is 12.1 Å². The number of nitrogens with one attached hydrogen (secondary N) is 1. The van der Waals surface area contributed by atoms with Crippen molar-refractivity contribution in [2.24, 2.45) is 0 Å². The summed E-state index contributed by atoms with van der Waals surface area (Å²) >= 11 is 0. The Labute approximate surface area is 120 Å². The van der Waals surface area contributed by atoms with Crippen molar-refractivity contribution in [2.75, 3.05) is 5.32 Å². The minimum Gasteiger partial charge on any atom is -0.381 e. The molecule has 0 aliphatic carbocycles. The molecule has 1 N–H and O–H groups in total. The fraction of sp³-hybridized carbons (Fsp3) is 0.200. The highest BCUT2D eigenvalue weighted by molar-refractivity contribution is 5.55. The zero-order valence-corrected chi connectivity index (χ0v) is 11.3. The molecule has 2 rings (SSSR count). The van der Waals surface area contributed by atoms with Crippen LogP contribution in [-0.4, -0.2) is 4.92 Å². The molecule has 6 heteroatoms. The normalized spacial score (nSPS) is 10.7. The second kappa shape index (κ2) is 6.30. The lowest BCUT2D eigenvalue weighted by Gasteiger charge is -2.08. The van der Waals surface area contributed by atoms with Gasteiger partial charge in [-0.25, -0.2) is 8.78 Å². The van der Waals surface area contributed by atoms with Gasteiger partial charge in [-0.2, -0.15) is 0 Å². The molecule has 0 heterocycles. The van der Waals surface area contributed by atoms with Crippen LogP contribution in [0.2, 0.25) is 0 Å². The molecule has 0 aromatic heterocycles. The third kappa shape index (κ3) is 3.75. The molecule has 4 nitrogen and oxygen atoms in total. The minimum absolute atomic E-state index is 0.0290. The summed E-state index contributed by atoms with van der Waals surface area (Å²) < 4.78 is 25.2. The van der Waals surface area contributed by atoms with E-state index in [0.717, 1.165) is 0 Å². The number of alkyl halides is 2. The third-order valence-electron chi connectivity index (χ3n) is 3.11. The largest absolute Gasteiger partial charge is 0.381 e. The van der Waals surface area contributed by atoms with Crippen molar-refractivity contribution in [1.82, 2.24) is 0 Å². The molecule has 21 heavy (non-hydrogen) atoms. The van der Waals surface area contributed by atoms with E-state index in [-0.39, 0.29) is 11.3 Å². The Morgan fingerprint density at radius 3 is 2.67 bits per heavy atom. The molecule has 0 spiro atoms. The molecule has 0 saturated carbocycles. The third-order valence-corrected chi connectivity index (χ3v) is 3.11. The van der Waals surface area contributed by atoms with Gasteiger partial charge in [-0.1, -0.05) is 24.3 Å². The zero-order chi connectivity index (χ0) is 15.4. The monoisotopic (exact) mass is 292 g/mol. The van der Waals surface area contributed by atoms with Gasteiger partial charge in [0.05, 0.1) is 4.92 Å². The van der Waals surface area contributed by atoms with Crippen LogP contribution in [-0.2, 0) is 6.54 Å². The molecular formula is C15H14F2N2O2. The predicted octanol–water partition coefficient (Wildman–Crippen LogP) is 4.45. The topological polar surface area (TPSA) is 55.2 Å². The van der Waals surface area contributed by atoms with E-state index < -0.39 is 11.3 Å². The molecule has 0 fully saturated rings. The van der Waals surface area contributed by atoms with E-state index in [1.165, 1.54) is 18.2 Å². The van der Waals surface area contributed by atoms with Crippen molar-refractivity contribution in [2.45, 2.75) is 19.9 Å². The van der Waals surface area contributed by atoms with Crippen LogP contribution in [0.3, 0.4) is 0 Å². The van der Waals surface area contributed by atoms with Crippen LogP contribution in [0.25, 0.3) is 0 Å². The van der Waals surface area contributed by atoms with Gasteiger partial charge < -0.3 is 5.32 Å². The highest BCUT2D eigenvalue weighted by atomic mass is 19.3. The zero-order valence-electron chi connectivity index (χ0n) is 11.3. The Morgan fingerprint density at radius 2 is 2.00 bits per heavy atom. The Morgan fingerprint density at radius 1 is 1.24 bits per heavy atom. The molecule has 2 aromatic carbocycles. The maximum Gasteiger partial charge on any atom is 0.274 e. The lowest BCUT2D eigenvalue weighted by atomic mass is 10.1.